The zero-order valence-electron chi connectivity index (χ0n) is 9.22. The standard InChI is InChI=1S/C10H18N4O/c1-14-5-2-10(3-6-14)4-7-15-9(10)8-12-13-11/h9H,2-8H2,1H3. The first-order valence-corrected chi connectivity index (χ1v) is 5.58. The Hall–Kier alpha value is -0.770. The lowest BCUT2D eigenvalue weighted by Gasteiger charge is -2.40. The number of ether oxygens (including phenoxy) is 1. The molecule has 1 atom stereocenters. The molecule has 5 heteroatoms. The Morgan fingerprint density at radius 1 is 1.47 bits per heavy atom. The van der Waals surface area contributed by atoms with E-state index < -0.39 is 0 Å². The maximum atomic E-state index is 8.35. The second kappa shape index (κ2) is 4.39. The highest BCUT2D eigenvalue weighted by atomic mass is 16.5. The molecule has 15 heavy (non-hydrogen) atoms. The zero-order chi connectivity index (χ0) is 10.7. The van der Waals surface area contributed by atoms with Gasteiger partial charge in [0, 0.05) is 16.9 Å². The molecule has 0 aromatic rings. The number of azide groups is 1. The van der Waals surface area contributed by atoms with Crippen LogP contribution in [0.2, 0.25) is 0 Å². The van der Waals surface area contributed by atoms with Gasteiger partial charge in [-0.1, -0.05) is 5.11 Å². The lowest BCUT2D eigenvalue weighted by molar-refractivity contribution is 0.0197. The number of hydrogen-bond donors (Lipinski definition) is 0. The van der Waals surface area contributed by atoms with Gasteiger partial charge in [-0.2, -0.15) is 0 Å². The Bertz CT molecular complexity index is 267. The van der Waals surface area contributed by atoms with Gasteiger partial charge in [0.05, 0.1) is 12.6 Å². The van der Waals surface area contributed by atoms with Gasteiger partial charge in [0.15, 0.2) is 0 Å². The van der Waals surface area contributed by atoms with Crippen LogP contribution in [0.3, 0.4) is 0 Å². The van der Waals surface area contributed by atoms with Crippen LogP contribution in [-0.2, 0) is 4.74 Å². The van der Waals surface area contributed by atoms with E-state index in [1.165, 1.54) is 12.8 Å². The fraction of sp³-hybridized carbons (Fsp3) is 1.00. The van der Waals surface area contributed by atoms with Crippen molar-refractivity contribution < 1.29 is 4.74 Å². The molecule has 0 radical (unpaired) electrons. The Morgan fingerprint density at radius 2 is 2.20 bits per heavy atom. The molecule has 84 valence electrons. The summed E-state index contributed by atoms with van der Waals surface area (Å²) in [4.78, 5) is 5.18. The summed E-state index contributed by atoms with van der Waals surface area (Å²) in [6.45, 7) is 3.60. The summed E-state index contributed by atoms with van der Waals surface area (Å²) in [5, 5.41) is 3.66. The largest absolute Gasteiger partial charge is 0.377 e. The third-order valence-electron chi connectivity index (χ3n) is 3.90. The molecule has 0 bridgehead atoms. The molecule has 2 fully saturated rings. The minimum absolute atomic E-state index is 0.155. The molecular formula is C10H18N4O. The van der Waals surface area contributed by atoms with Crippen LogP contribution in [0.5, 0.6) is 0 Å². The summed E-state index contributed by atoms with van der Waals surface area (Å²) < 4.78 is 5.70. The van der Waals surface area contributed by atoms with Crippen molar-refractivity contribution in [2.24, 2.45) is 10.5 Å². The molecule has 5 nitrogen and oxygen atoms in total. The Labute approximate surface area is 90.0 Å². The van der Waals surface area contributed by atoms with E-state index in [0.717, 1.165) is 26.1 Å². The van der Waals surface area contributed by atoms with Gasteiger partial charge in [0.25, 0.3) is 0 Å². The van der Waals surface area contributed by atoms with Gasteiger partial charge in [0.2, 0.25) is 0 Å². The third-order valence-corrected chi connectivity index (χ3v) is 3.90. The van der Waals surface area contributed by atoms with Crippen molar-refractivity contribution in [3.63, 3.8) is 0 Å². The van der Waals surface area contributed by atoms with Gasteiger partial charge in [-0.25, -0.2) is 0 Å². The van der Waals surface area contributed by atoms with Gasteiger partial charge in [-0.3, -0.25) is 0 Å². The summed E-state index contributed by atoms with van der Waals surface area (Å²) in [5.74, 6) is 0. The van der Waals surface area contributed by atoms with E-state index in [2.05, 4.69) is 22.0 Å². The van der Waals surface area contributed by atoms with Crippen LogP contribution in [-0.4, -0.2) is 44.3 Å². The number of likely N-dealkylation sites (tertiary alicyclic amines) is 1. The molecule has 1 spiro atoms. The molecule has 0 amide bonds. The fourth-order valence-electron chi connectivity index (χ4n) is 2.74. The quantitative estimate of drug-likeness (QED) is 0.396. The summed E-state index contributed by atoms with van der Waals surface area (Å²) >= 11 is 0. The summed E-state index contributed by atoms with van der Waals surface area (Å²) in [6, 6.07) is 0. The average Bonchev–Trinajstić information content (AvgIpc) is 2.63. The SMILES string of the molecule is CN1CCC2(CCOC2CN=[N+]=[N-])CC1. The second-order valence-corrected chi connectivity index (χ2v) is 4.69. The first kappa shape index (κ1) is 10.7. The van der Waals surface area contributed by atoms with E-state index in [1.54, 1.807) is 0 Å². The summed E-state index contributed by atoms with van der Waals surface area (Å²) in [6.07, 6.45) is 3.64. The molecule has 2 aliphatic heterocycles. The Kier molecular flexibility index (Phi) is 3.14. The van der Waals surface area contributed by atoms with E-state index in [4.69, 9.17) is 10.3 Å². The van der Waals surface area contributed by atoms with E-state index in [-0.39, 0.29) is 6.10 Å². The van der Waals surface area contributed by atoms with Gasteiger partial charge in [-0.05, 0) is 44.9 Å². The van der Waals surface area contributed by atoms with E-state index >= 15 is 0 Å². The van der Waals surface area contributed by atoms with Crippen LogP contribution < -0.4 is 0 Å². The lowest BCUT2D eigenvalue weighted by Crippen LogP contribution is -2.43. The lowest BCUT2D eigenvalue weighted by atomic mass is 9.73. The first-order chi connectivity index (χ1) is 7.27. The molecule has 0 aliphatic carbocycles. The van der Waals surface area contributed by atoms with E-state index in [1.807, 2.05) is 0 Å². The van der Waals surface area contributed by atoms with Crippen LogP contribution in [0.25, 0.3) is 10.4 Å². The van der Waals surface area contributed by atoms with Crippen LogP contribution in [0.15, 0.2) is 5.11 Å². The Balaban J connectivity index is 2.02. The molecule has 0 saturated carbocycles. The van der Waals surface area contributed by atoms with Crippen LogP contribution >= 0.6 is 0 Å². The molecule has 2 saturated heterocycles. The van der Waals surface area contributed by atoms with Gasteiger partial charge in [-0.15, -0.1) is 0 Å². The topological polar surface area (TPSA) is 61.2 Å². The molecular weight excluding hydrogens is 192 g/mol. The van der Waals surface area contributed by atoms with Crippen molar-refractivity contribution in [2.75, 3.05) is 33.3 Å². The van der Waals surface area contributed by atoms with Crippen molar-refractivity contribution in [3.05, 3.63) is 10.4 Å². The van der Waals surface area contributed by atoms with Crippen LogP contribution in [0, 0.1) is 5.41 Å². The molecule has 2 heterocycles. The van der Waals surface area contributed by atoms with Gasteiger partial charge >= 0.3 is 0 Å². The normalized spacial score (nSPS) is 30.3. The highest BCUT2D eigenvalue weighted by Gasteiger charge is 2.44. The maximum Gasteiger partial charge on any atom is 0.0689 e. The molecule has 2 aliphatic rings. The van der Waals surface area contributed by atoms with Crippen LogP contribution in [0.4, 0.5) is 0 Å². The van der Waals surface area contributed by atoms with E-state index in [9.17, 15) is 0 Å². The van der Waals surface area contributed by atoms with Crippen molar-refractivity contribution in [1.29, 1.82) is 0 Å². The Morgan fingerprint density at radius 3 is 2.87 bits per heavy atom. The number of hydrogen-bond acceptors (Lipinski definition) is 3. The first-order valence-electron chi connectivity index (χ1n) is 5.58. The predicted molar refractivity (Wildman–Crippen MR) is 57.5 cm³/mol. The highest BCUT2D eigenvalue weighted by molar-refractivity contribution is 4.96. The second-order valence-electron chi connectivity index (χ2n) is 4.69. The van der Waals surface area contributed by atoms with Crippen LogP contribution in [0.1, 0.15) is 19.3 Å². The van der Waals surface area contributed by atoms with Gasteiger partial charge < -0.3 is 9.64 Å². The number of nitrogens with zero attached hydrogens (tertiary/aromatic N) is 4. The minimum Gasteiger partial charge on any atom is -0.377 e. The molecule has 2 rings (SSSR count). The summed E-state index contributed by atoms with van der Waals surface area (Å²) in [7, 11) is 2.16. The van der Waals surface area contributed by atoms with Gasteiger partial charge in [0.1, 0.15) is 0 Å². The van der Waals surface area contributed by atoms with Crippen molar-refractivity contribution in [2.45, 2.75) is 25.4 Å². The fourth-order valence-corrected chi connectivity index (χ4v) is 2.74. The maximum absolute atomic E-state index is 8.35. The average molecular weight is 210 g/mol. The molecule has 0 aromatic heterocycles. The van der Waals surface area contributed by atoms with E-state index in [0.29, 0.717) is 12.0 Å². The zero-order valence-corrected chi connectivity index (χ0v) is 9.22. The molecule has 1 unspecified atom stereocenters. The highest BCUT2D eigenvalue weighted by Crippen LogP contribution is 2.43. The number of piperidine rings is 1. The van der Waals surface area contributed by atoms with Crippen molar-refractivity contribution >= 4 is 0 Å². The number of rotatable bonds is 2. The smallest absolute Gasteiger partial charge is 0.0689 e. The van der Waals surface area contributed by atoms with Crippen molar-refractivity contribution in [1.82, 2.24) is 4.90 Å². The summed E-state index contributed by atoms with van der Waals surface area (Å²) in [5.41, 5.74) is 8.64. The minimum atomic E-state index is 0.155. The molecule has 0 aromatic carbocycles. The molecule has 0 N–H and O–H groups in total. The monoisotopic (exact) mass is 210 g/mol. The predicted octanol–water partition coefficient (Wildman–Crippen LogP) is 1.80. The van der Waals surface area contributed by atoms with Crippen molar-refractivity contribution in [3.8, 4) is 0 Å². The third kappa shape index (κ3) is 2.09.